The Hall–Kier alpha value is -1.62. The number of pyridine rings is 1. The van der Waals surface area contributed by atoms with Gasteiger partial charge in [0.15, 0.2) is 0 Å². The predicted octanol–water partition coefficient (Wildman–Crippen LogP) is 3.11. The van der Waals surface area contributed by atoms with Gasteiger partial charge in [0, 0.05) is 19.2 Å². The normalized spacial score (nSPS) is 24.0. The third-order valence-corrected chi connectivity index (χ3v) is 5.40. The van der Waals surface area contributed by atoms with Crippen LogP contribution in [0.15, 0.2) is 18.5 Å². The number of aryl methyl sites for hydroxylation is 1. The van der Waals surface area contributed by atoms with Gasteiger partial charge < -0.3 is 15.2 Å². The number of amides is 1. The summed E-state index contributed by atoms with van der Waals surface area (Å²) in [5, 5.41) is 13.6. The van der Waals surface area contributed by atoms with Crippen LogP contribution in [0.2, 0.25) is 0 Å². The van der Waals surface area contributed by atoms with Gasteiger partial charge in [0.1, 0.15) is 5.75 Å². The molecule has 5 nitrogen and oxygen atoms in total. The van der Waals surface area contributed by atoms with Crippen LogP contribution in [0, 0.1) is 11.3 Å². The first kappa shape index (κ1) is 19.7. The van der Waals surface area contributed by atoms with Gasteiger partial charge in [-0.2, -0.15) is 0 Å². The summed E-state index contributed by atoms with van der Waals surface area (Å²) >= 11 is 0. The Balaban J connectivity index is 1.74. The minimum Gasteiger partial charge on any atom is -0.495 e. The van der Waals surface area contributed by atoms with Gasteiger partial charge in [-0.25, -0.2) is 0 Å². The molecular formula is C20H32N2O3. The number of carbonyl (C=O) groups excluding carboxylic acids is 1. The Morgan fingerprint density at radius 2 is 2.04 bits per heavy atom. The Labute approximate surface area is 151 Å². The van der Waals surface area contributed by atoms with Crippen molar-refractivity contribution in [2.24, 2.45) is 11.3 Å². The van der Waals surface area contributed by atoms with E-state index in [1.807, 2.05) is 6.07 Å². The highest BCUT2D eigenvalue weighted by atomic mass is 16.5. The number of hydrogen-bond donors (Lipinski definition) is 2. The van der Waals surface area contributed by atoms with Crippen molar-refractivity contribution < 1.29 is 14.6 Å². The van der Waals surface area contributed by atoms with Gasteiger partial charge in [0.25, 0.3) is 0 Å². The Bertz CT molecular complexity index is 573. The first-order valence-corrected chi connectivity index (χ1v) is 9.19. The lowest BCUT2D eigenvalue weighted by atomic mass is 9.68. The van der Waals surface area contributed by atoms with Gasteiger partial charge in [-0.3, -0.25) is 9.78 Å². The molecule has 0 aliphatic heterocycles. The lowest BCUT2D eigenvalue weighted by Crippen LogP contribution is -2.46. The topological polar surface area (TPSA) is 71.5 Å². The summed E-state index contributed by atoms with van der Waals surface area (Å²) in [6.07, 6.45) is 7.95. The smallest absolute Gasteiger partial charge is 0.220 e. The third kappa shape index (κ3) is 5.99. The van der Waals surface area contributed by atoms with E-state index in [4.69, 9.17) is 4.74 Å². The van der Waals surface area contributed by atoms with Crippen molar-refractivity contribution >= 4 is 5.91 Å². The van der Waals surface area contributed by atoms with Crippen molar-refractivity contribution in [3.63, 3.8) is 0 Å². The number of nitrogens with zero attached hydrogens (tertiary/aromatic N) is 1. The second-order valence-electron chi connectivity index (χ2n) is 8.37. The number of ether oxygens (including phenoxy) is 1. The van der Waals surface area contributed by atoms with E-state index in [9.17, 15) is 9.90 Å². The summed E-state index contributed by atoms with van der Waals surface area (Å²) in [5.74, 6) is 1.31. The van der Waals surface area contributed by atoms with Gasteiger partial charge in [-0.05, 0) is 55.1 Å². The average Bonchev–Trinajstić information content (AvgIpc) is 2.58. The highest BCUT2D eigenvalue weighted by Crippen LogP contribution is 2.41. The van der Waals surface area contributed by atoms with Crippen molar-refractivity contribution in [2.75, 3.05) is 13.7 Å². The summed E-state index contributed by atoms with van der Waals surface area (Å²) in [6.45, 7) is 7.13. The van der Waals surface area contributed by atoms with Crippen molar-refractivity contribution in [3.8, 4) is 5.75 Å². The Morgan fingerprint density at radius 1 is 1.36 bits per heavy atom. The number of hydrogen-bond acceptors (Lipinski definition) is 4. The van der Waals surface area contributed by atoms with E-state index in [0.29, 0.717) is 31.1 Å². The molecule has 2 rings (SSSR count). The molecule has 25 heavy (non-hydrogen) atoms. The SMILES string of the molecule is COc1cncc(CCC(=O)NCC2(O)CCC(C(C)(C)C)CC2)c1. The molecule has 140 valence electrons. The van der Waals surface area contributed by atoms with Crippen LogP contribution in [0.3, 0.4) is 0 Å². The molecule has 2 N–H and O–H groups in total. The summed E-state index contributed by atoms with van der Waals surface area (Å²) in [5.41, 5.74) is 0.503. The number of aliphatic hydroxyl groups is 1. The van der Waals surface area contributed by atoms with Crippen molar-refractivity contribution in [1.82, 2.24) is 10.3 Å². The van der Waals surface area contributed by atoms with Crippen LogP contribution >= 0.6 is 0 Å². The predicted molar refractivity (Wildman–Crippen MR) is 98.5 cm³/mol. The van der Waals surface area contributed by atoms with Gasteiger partial charge in [-0.1, -0.05) is 20.8 Å². The minimum atomic E-state index is -0.755. The maximum absolute atomic E-state index is 12.1. The number of aromatic nitrogens is 1. The molecule has 0 aromatic carbocycles. The van der Waals surface area contributed by atoms with E-state index in [2.05, 4.69) is 31.1 Å². The van der Waals surface area contributed by atoms with Crippen LogP contribution in [0.1, 0.15) is 58.4 Å². The van der Waals surface area contributed by atoms with E-state index in [1.165, 1.54) is 0 Å². The van der Waals surface area contributed by atoms with E-state index in [-0.39, 0.29) is 11.3 Å². The first-order chi connectivity index (χ1) is 11.7. The average molecular weight is 348 g/mol. The zero-order valence-electron chi connectivity index (χ0n) is 16.0. The molecule has 1 aliphatic rings. The fourth-order valence-electron chi connectivity index (χ4n) is 3.52. The molecule has 1 fully saturated rings. The van der Waals surface area contributed by atoms with Crippen molar-refractivity contribution in [2.45, 2.75) is 64.9 Å². The molecule has 1 aromatic rings. The number of rotatable bonds is 6. The molecule has 0 spiro atoms. The van der Waals surface area contributed by atoms with E-state index in [0.717, 1.165) is 31.2 Å². The zero-order valence-corrected chi connectivity index (χ0v) is 16.0. The van der Waals surface area contributed by atoms with Gasteiger partial charge in [0.05, 0.1) is 18.9 Å². The molecule has 5 heteroatoms. The molecule has 0 atom stereocenters. The minimum absolute atomic E-state index is 0.0332. The second-order valence-corrected chi connectivity index (χ2v) is 8.37. The number of nitrogens with one attached hydrogen (secondary N) is 1. The highest BCUT2D eigenvalue weighted by Gasteiger charge is 2.37. The molecule has 1 aliphatic carbocycles. The lowest BCUT2D eigenvalue weighted by molar-refractivity contribution is -0.123. The molecule has 1 aromatic heterocycles. The third-order valence-electron chi connectivity index (χ3n) is 5.40. The van der Waals surface area contributed by atoms with Gasteiger partial charge in [-0.15, -0.1) is 0 Å². The van der Waals surface area contributed by atoms with Crippen molar-refractivity contribution in [1.29, 1.82) is 0 Å². The molecule has 0 radical (unpaired) electrons. The van der Waals surface area contributed by atoms with Gasteiger partial charge in [0.2, 0.25) is 5.91 Å². The molecule has 0 unspecified atom stereocenters. The van der Waals surface area contributed by atoms with Crippen LogP contribution < -0.4 is 10.1 Å². The fourth-order valence-corrected chi connectivity index (χ4v) is 3.52. The van der Waals surface area contributed by atoms with E-state index < -0.39 is 5.60 Å². The van der Waals surface area contributed by atoms with Crippen LogP contribution in [0.25, 0.3) is 0 Å². The lowest BCUT2D eigenvalue weighted by Gasteiger charge is -2.41. The molecule has 1 saturated carbocycles. The first-order valence-electron chi connectivity index (χ1n) is 9.19. The highest BCUT2D eigenvalue weighted by molar-refractivity contribution is 5.76. The monoisotopic (exact) mass is 348 g/mol. The molecule has 0 saturated heterocycles. The van der Waals surface area contributed by atoms with Gasteiger partial charge >= 0.3 is 0 Å². The number of carbonyl (C=O) groups is 1. The largest absolute Gasteiger partial charge is 0.495 e. The molecule has 0 bridgehead atoms. The van der Waals surface area contributed by atoms with Crippen LogP contribution in [0.4, 0.5) is 0 Å². The van der Waals surface area contributed by atoms with E-state index >= 15 is 0 Å². The molecule has 1 amide bonds. The summed E-state index contributed by atoms with van der Waals surface area (Å²) in [4.78, 5) is 16.2. The number of methoxy groups -OCH3 is 1. The van der Waals surface area contributed by atoms with Crippen LogP contribution in [-0.4, -0.2) is 35.3 Å². The van der Waals surface area contributed by atoms with Crippen LogP contribution in [-0.2, 0) is 11.2 Å². The second kappa shape index (κ2) is 8.17. The zero-order chi connectivity index (χ0) is 18.5. The Kier molecular flexibility index (Phi) is 6.44. The van der Waals surface area contributed by atoms with Crippen molar-refractivity contribution in [3.05, 3.63) is 24.0 Å². The quantitative estimate of drug-likeness (QED) is 0.829. The summed E-state index contributed by atoms with van der Waals surface area (Å²) < 4.78 is 5.14. The van der Waals surface area contributed by atoms with Crippen LogP contribution in [0.5, 0.6) is 5.75 Å². The standard InChI is InChI=1S/C20H32N2O3/c1-19(2,3)16-7-9-20(24,10-8-16)14-22-18(23)6-5-15-11-17(25-4)13-21-12-15/h11-13,16,24H,5-10,14H2,1-4H3,(H,22,23). The summed E-state index contributed by atoms with van der Waals surface area (Å²) in [6, 6.07) is 1.89. The van der Waals surface area contributed by atoms with E-state index in [1.54, 1.807) is 19.5 Å². The fraction of sp³-hybridized carbons (Fsp3) is 0.700. The molecule has 1 heterocycles. The maximum atomic E-state index is 12.1. The molecular weight excluding hydrogens is 316 g/mol. The Morgan fingerprint density at radius 3 is 2.64 bits per heavy atom. The maximum Gasteiger partial charge on any atom is 0.220 e. The summed E-state index contributed by atoms with van der Waals surface area (Å²) in [7, 11) is 1.60.